The molecule has 1 fully saturated rings. The minimum Gasteiger partial charge on any atom is -0.469 e. The Morgan fingerprint density at radius 3 is 2.69 bits per heavy atom. The average molecular weight is 226 g/mol. The normalized spacial score (nSPS) is 20.9. The number of rotatable bonds is 7. The summed E-state index contributed by atoms with van der Waals surface area (Å²) in [6.07, 6.45) is 6.07. The molecule has 92 valence electrons. The van der Waals surface area contributed by atoms with Crippen LogP contribution in [-0.2, 0) is 9.53 Å². The number of aliphatic hydroxyl groups is 1. The Kier molecular flexibility index (Phi) is 4.54. The van der Waals surface area contributed by atoms with Crippen LogP contribution < -0.4 is 0 Å². The van der Waals surface area contributed by atoms with Gasteiger partial charge in [-0.2, -0.15) is 0 Å². The summed E-state index contributed by atoms with van der Waals surface area (Å²) in [4.78, 5) is 11.7. The van der Waals surface area contributed by atoms with Crippen LogP contribution in [0.4, 0.5) is 0 Å². The fourth-order valence-electron chi connectivity index (χ4n) is 2.23. The lowest BCUT2D eigenvalue weighted by atomic mass is 9.80. The molecule has 0 heterocycles. The third-order valence-corrected chi connectivity index (χ3v) is 3.45. The van der Waals surface area contributed by atoms with Gasteiger partial charge in [0.15, 0.2) is 0 Å². The summed E-state index contributed by atoms with van der Waals surface area (Å²) in [7, 11) is 1.37. The smallest absolute Gasteiger partial charge is 0.311 e. The molecule has 1 N–H and O–H groups in total. The number of hydrogen-bond donors (Lipinski definition) is 1. The fraction of sp³-hybridized carbons (Fsp3) is 0.769. The monoisotopic (exact) mass is 226 g/mol. The molecule has 0 bridgehead atoms. The van der Waals surface area contributed by atoms with Crippen LogP contribution in [0.3, 0.4) is 0 Å². The Bertz CT molecular complexity index is 258. The van der Waals surface area contributed by atoms with Gasteiger partial charge in [0.1, 0.15) is 0 Å². The largest absolute Gasteiger partial charge is 0.469 e. The first-order valence-electron chi connectivity index (χ1n) is 6.03. The molecular formula is C13H22O3. The number of methoxy groups -OCH3 is 1. The van der Waals surface area contributed by atoms with E-state index in [4.69, 9.17) is 4.74 Å². The quantitative estimate of drug-likeness (QED) is 0.535. The molecule has 0 aromatic rings. The zero-order chi connectivity index (χ0) is 12.2. The van der Waals surface area contributed by atoms with E-state index in [0.29, 0.717) is 6.42 Å². The molecule has 0 aromatic carbocycles. The summed E-state index contributed by atoms with van der Waals surface area (Å²) in [5.41, 5.74) is -1.07. The number of ether oxygens (including phenoxy) is 1. The highest BCUT2D eigenvalue weighted by Gasteiger charge is 2.49. The predicted octanol–water partition coefficient (Wildman–Crippen LogP) is 2.29. The van der Waals surface area contributed by atoms with Crippen molar-refractivity contribution in [3.63, 3.8) is 0 Å². The van der Waals surface area contributed by atoms with Gasteiger partial charge in [0.2, 0.25) is 0 Å². The van der Waals surface area contributed by atoms with Gasteiger partial charge in [-0.25, -0.2) is 0 Å². The van der Waals surface area contributed by atoms with Gasteiger partial charge in [0, 0.05) is 0 Å². The molecule has 0 spiro atoms. The number of esters is 1. The van der Waals surface area contributed by atoms with Gasteiger partial charge in [0.25, 0.3) is 0 Å². The van der Waals surface area contributed by atoms with E-state index in [1.165, 1.54) is 13.2 Å². The lowest BCUT2D eigenvalue weighted by Crippen LogP contribution is -2.43. The molecule has 1 saturated carbocycles. The summed E-state index contributed by atoms with van der Waals surface area (Å²) < 4.78 is 4.79. The van der Waals surface area contributed by atoms with Crippen molar-refractivity contribution in [1.82, 2.24) is 0 Å². The minimum atomic E-state index is -1.07. The first kappa shape index (κ1) is 13.2. The molecule has 1 aliphatic carbocycles. The molecule has 3 nitrogen and oxygen atoms in total. The van der Waals surface area contributed by atoms with E-state index in [-0.39, 0.29) is 11.9 Å². The van der Waals surface area contributed by atoms with Crippen LogP contribution in [-0.4, -0.2) is 23.8 Å². The number of carbonyl (C=O) groups excluding carboxylic acids is 1. The van der Waals surface area contributed by atoms with Gasteiger partial charge in [0.05, 0.1) is 18.6 Å². The molecule has 0 aliphatic heterocycles. The molecule has 0 radical (unpaired) electrons. The maximum Gasteiger partial charge on any atom is 0.311 e. The molecule has 16 heavy (non-hydrogen) atoms. The zero-order valence-corrected chi connectivity index (χ0v) is 10.2. The van der Waals surface area contributed by atoms with Gasteiger partial charge in [-0.3, -0.25) is 4.79 Å². The van der Waals surface area contributed by atoms with Gasteiger partial charge >= 0.3 is 5.97 Å². The Morgan fingerprint density at radius 2 is 2.31 bits per heavy atom. The second kappa shape index (κ2) is 5.48. The number of unbranched alkanes of at least 4 members (excludes halogenated alkanes) is 1. The van der Waals surface area contributed by atoms with Crippen molar-refractivity contribution >= 4 is 5.97 Å². The molecule has 1 rings (SSSR count). The van der Waals surface area contributed by atoms with E-state index in [0.717, 1.165) is 25.7 Å². The third kappa shape index (κ3) is 2.64. The molecule has 0 aromatic heterocycles. The highest BCUT2D eigenvalue weighted by atomic mass is 16.5. The Labute approximate surface area is 97.5 Å². The number of carbonyl (C=O) groups is 1. The van der Waals surface area contributed by atoms with Gasteiger partial charge < -0.3 is 9.84 Å². The maximum absolute atomic E-state index is 11.7. The van der Waals surface area contributed by atoms with Crippen molar-refractivity contribution in [2.45, 2.75) is 44.6 Å². The second-order valence-corrected chi connectivity index (χ2v) is 4.58. The van der Waals surface area contributed by atoms with Crippen molar-refractivity contribution in [2.75, 3.05) is 7.11 Å². The summed E-state index contributed by atoms with van der Waals surface area (Å²) in [6, 6.07) is 0. The molecular weight excluding hydrogens is 204 g/mol. The molecule has 0 amide bonds. The van der Waals surface area contributed by atoms with E-state index in [9.17, 15) is 9.90 Å². The fourth-order valence-corrected chi connectivity index (χ4v) is 2.23. The summed E-state index contributed by atoms with van der Waals surface area (Å²) in [6.45, 7) is 5.75. The Hall–Kier alpha value is -0.830. The average Bonchev–Trinajstić information content (AvgIpc) is 3.12. The van der Waals surface area contributed by atoms with E-state index in [1.54, 1.807) is 0 Å². The standard InChI is InChI=1S/C13H22O3/c1-4-6-7-11(12(14)16-3)13(15,5-2)10-8-9-10/h5,10-11,15H,2,4,6-9H2,1,3H3. The Balaban J connectivity index is 2.79. The first-order chi connectivity index (χ1) is 7.60. The van der Waals surface area contributed by atoms with Crippen molar-refractivity contribution < 1.29 is 14.6 Å². The summed E-state index contributed by atoms with van der Waals surface area (Å²) in [5, 5.41) is 10.5. The summed E-state index contributed by atoms with van der Waals surface area (Å²) >= 11 is 0. The highest BCUT2D eigenvalue weighted by molar-refractivity contribution is 5.74. The molecule has 3 heteroatoms. The molecule has 2 unspecified atom stereocenters. The molecule has 2 atom stereocenters. The van der Waals surface area contributed by atoms with Gasteiger partial charge in [-0.05, 0) is 25.2 Å². The highest BCUT2D eigenvalue weighted by Crippen LogP contribution is 2.46. The summed E-state index contributed by atoms with van der Waals surface area (Å²) in [5.74, 6) is -0.587. The van der Waals surface area contributed by atoms with Crippen LogP contribution in [0.25, 0.3) is 0 Å². The first-order valence-corrected chi connectivity index (χ1v) is 6.03. The lowest BCUT2D eigenvalue weighted by Gasteiger charge is -2.32. The zero-order valence-electron chi connectivity index (χ0n) is 10.2. The van der Waals surface area contributed by atoms with Gasteiger partial charge in [-0.15, -0.1) is 6.58 Å². The van der Waals surface area contributed by atoms with Crippen LogP contribution >= 0.6 is 0 Å². The molecule has 1 aliphatic rings. The van der Waals surface area contributed by atoms with Crippen LogP contribution in [0.5, 0.6) is 0 Å². The second-order valence-electron chi connectivity index (χ2n) is 4.58. The minimum absolute atomic E-state index is 0.186. The lowest BCUT2D eigenvalue weighted by molar-refractivity contribution is -0.154. The third-order valence-electron chi connectivity index (χ3n) is 3.45. The van der Waals surface area contributed by atoms with E-state index in [1.807, 2.05) is 0 Å². The van der Waals surface area contributed by atoms with Crippen molar-refractivity contribution in [3.8, 4) is 0 Å². The predicted molar refractivity (Wildman–Crippen MR) is 62.9 cm³/mol. The van der Waals surface area contributed by atoms with Gasteiger partial charge in [-0.1, -0.05) is 25.8 Å². The van der Waals surface area contributed by atoms with Crippen molar-refractivity contribution in [1.29, 1.82) is 0 Å². The topological polar surface area (TPSA) is 46.5 Å². The van der Waals surface area contributed by atoms with Crippen molar-refractivity contribution in [3.05, 3.63) is 12.7 Å². The van der Waals surface area contributed by atoms with Crippen LogP contribution in [0.15, 0.2) is 12.7 Å². The maximum atomic E-state index is 11.7. The van der Waals surface area contributed by atoms with E-state index < -0.39 is 11.5 Å². The van der Waals surface area contributed by atoms with Crippen molar-refractivity contribution in [2.24, 2.45) is 11.8 Å². The molecule has 0 saturated heterocycles. The number of hydrogen-bond acceptors (Lipinski definition) is 3. The van der Waals surface area contributed by atoms with Crippen LogP contribution in [0.2, 0.25) is 0 Å². The Morgan fingerprint density at radius 1 is 1.69 bits per heavy atom. The van der Waals surface area contributed by atoms with Crippen LogP contribution in [0, 0.1) is 11.8 Å². The van der Waals surface area contributed by atoms with Crippen LogP contribution in [0.1, 0.15) is 39.0 Å². The van der Waals surface area contributed by atoms with E-state index >= 15 is 0 Å². The SMILES string of the molecule is C=CC(O)(C1CC1)C(CCCC)C(=O)OC. The van der Waals surface area contributed by atoms with E-state index in [2.05, 4.69) is 13.5 Å².